The average Bonchev–Trinajstić information content (AvgIpc) is 0.855. The lowest BCUT2D eigenvalue weighted by Gasteiger charge is -2.30. The second kappa shape index (κ2) is 61.5. The molecule has 0 fully saturated rings. The summed E-state index contributed by atoms with van der Waals surface area (Å²) in [6.45, 7) is 12.4. The molecule has 18 amide bonds. The molecular weight excluding hydrogens is 1720 g/mol. The zero-order chi connectivity index (χ0) is 98.8. The average molecular weight is 1860 g/mol. The van der Waals surface area contributed by atoms with Gasteiger partial charge in [0, 0.05) is 25.3 Å². The third kappa shape index (κ3) is 45.1. The van der Waals surface area contributed by atoms with Crippen molar-refractivity contribution < 1.29 is 121 Å². The first-order valence-electron chi connectivity index (χ1n) is 42.0. The van der Waals surface area contributed by atoms with Crippen LogP contribution in [0.2, 0.25) is 0 Å². The zero-order valence-corrected chi connectivity index (χ0v) is 75.4. The summed E-state index contributed by atoms with van der Waals surface area (Å²) >= 11 is 3.96. The van der Waals surface area contributed by atoms with Gasteiger partial charge in [0.05, 0.1) is 32.3 Å². The number of thiol groups is 1. The lowest BCUT2D eigenvalue weighted by Crippen LogP contribution is -2.62. The highest BCUT2D eigenvalue weighted by Gasteiger charge is 2.40. The molecule has 0 aromatic heterocycles. The Morgan fingerprint density at radius 1 is 0.318 bits per heavy atom. The molecular formula is C76H137N27O25S. The quantitative estimate of drug-likeness (QED) is 0.0116. The molecule has 0 aliphatic heterocycles. The highest BCUT2D eigenvalue weighted by molar-refractivity contribution is 7.80. The van der Waals surface area contributed by atoms with Crippen LogP contribution in [0, 0.1) is 17.8 Å². The first kappa shape index (κ1) is 117. The van der Waals surface area contributed by atoms with E-state index in [1.54, 1.807) is 27.7 Å². The summed E-state index contributed by atoms with van der Waals surface area (Å²) in [5.41, 5.74) is 44.6. The second-order valence-electron chi connectivity index (χ2n) is 31.3. The predicted molar refractivity (Wildman–Crippen MR) is 467 cm³/mol. The van der Waals surface area contributed by atoms with Crippen molar-refractivity contribution in [3.05, 3.63) is 0 Å². The fraction of sp³-hybridized carbons (Fsp3) is 0.711. The minimum absolute atomic E-state index is 0.0221. The number of carboxylic acid groups (broad SMARTS) is 2. The molecule has 19 atom stereocenters. The number of rotatable bonds is 64. The number of nitrogens with zero attached hydrogens (tertiary/aromatic N) is 2. The molecule has 0 aliphatic rings. The van der Waals surface area contributed by atoms with Crippen LogP contribution in [0.3, 0.4) is 0 Å². The number of guanidine groups is 2. The van der Waals surface area contributed by atoms with Gasteiger partial charge in [-0.15, -0.1) is 0 Å². The molecule has 52 nitrogen and oxygen atoms in total. The summed E-state index contributed by atoms with van der Waals surface area (Å²) in [5.74, 6) is -24.2. The van der Waals surface area contributed by atoms with Crippen LogP contribution in [0.4, 0.5) is 0 Å². The van der Waals surface area contributed by atoms with Crippen molar-refractivity contribution in [1.29, 1.82) is 0 Å². The molecule has 0 saturated heterocycles. The van der Waals surface area contributed by atoms with Gasteiger partial charge in [-0.2, -0.15) is 12.6 Å². The van der Waals surface area contributed by atoms with Crippen molar-refractivity contribution in [3.63, 3.8) is 0 Å². The Kier molecular flexibility index (Phi) is 55.8. The molecule has 0 saturated carbocycles. The molecule has 129 heavy (non-hydrogen) atoms. The standard InChI is InChI=1S/C76H137N27O25S/c1-12-36(6)56(73(126)96-44(20-14-16-26-78)67(120)102-54(34(2)3)71(124)91-41(11)61(114)101-55(35(4)5)72(125)100-49(30-104)68(121)90-40(10)59(112)97-48(74(127)128)29-53(108)109)103-70(123)51(32-106)98-60(113)38(8)87-57(110)37(7)88-64(117)47(23-24-52(80)107)95-65(118)43(19-13-15-25-77)93-66(119)46(22-18-28-86-76(83)84)92-58(111)39(9)89-63(116)45(21-17-27-85-75(81)82)94-69(122)50(31-105)99-62(115)42(79)33-129/h34-51,54-56,104-106,129H,12-33,77-79H2,1-11H3,(H2,80,107)(H,87,110)(H,88,117)(H,89,116)(H,90,121)(H,91,124)(H,92,111)(H,93,119)(H,94,122)(H,95,118)(H,96,126)(H,97,112)(H,98,113)(H,99,115)(H,100,125)(H,101,114)(H,102,120)(H,103,123)(H,108,109)(H,127,128)(H4,81,82,85)(H4,83,84,86)/t36-,37-,38-,39-,40-,41-,42-,43-,44-,45-,46-,47-,48-,49-,50-,51-,54-,55-,56-/m0/s1. The van der Waals surface area contributed by atoms with Crippen molar-refractivity contribution in [3.8, 4) is 0 Å². The third-order valence-corrected chi connectivity index (χ3v) is 20.0. The number of aliphatic carboxylic acids is 2. The number of primary amides is 1. The first-order valence-corrected chi connectivity index (χ1v) is 42.6. The number of carbonyl (C=O) groups excluding carboxylic acids is 18. The Labute approximate surface area is 751 Å². The van der Waals surface area contributed by atoms with Crippen LogP contribution in [0.25, 0.3) is 0 Å². The Morgan fingerprint density at radius 3 is 0.922 bits per heavy atom. The van der Waals surface area contributed by atoms with Gasteiger partial charge in [0.1, 0.15) is 103 Å². The molecule has 38 N–H and O–H groups in total. The van der Waals surface area contributed by atoms with Crippen molar-refractivity contribution in [2.45, 2.75) is 275 Å². The molecule has 0 unspecified atom stereocenters. The monoisotopic (exact) mass is 1860 g/mol. The number of aliphatic hydroxyl groups excluding tert-OH is 3. The third-order valence-electron chi connectivity index (χ3n) is 19.6. The largest absolute Gasteiger partial charge is 0.481 e. The van der Waals surface area contributed by atoms with E-state index in [0.29, 0.717) is 12.8 Å². The van der Waals surface area contributed by atoms with E-state index in [0.717, 1.165) is 13.8 Å². The summed E-state index contributed by atoms with van der Waals surface area (Å²) in [7, 11) is 0. The lowest BCUT2D eigenvalue weighted by molar-refractivity contribution is -0.147. The topological polar surface area (TPSA) is 880 Å². The number of nitrogens with two attached hydrogens (primary N) is 8. The van der Waals surface area contributed by atoms with Gasteiger partial charge in [0.15, 0.2) is 11.9 Å². The van der Waals surface area contributed by atoms with Crippen molar-refractivity contribution >= 4 is 143 Å². The van der Waals surface area contributed by atoms with Crippen LogP contribution in [0.5, 0.6) is 0 Å². The molecule has 0 aliphatic carbocycles. The molecule has 0 aromatic rings. The van der Waals surface area contributed by atoms with Gasteiger partial charge in [-0.25, -0.2) is 4.79 Å². The number of amides is 18. The van der Waals surface area contributed by atoms with Gasteiger partial charge < -0.3 is 162 Å². The van der Waals surface area contributed by atoms with Crippen molar-refractivity contribution in [2.24, 2.45) is 73.6 Å². The number of carbonyl (C=O) groups is 20. The van der Waals surface area contributed by atoms with Crippen LogP contribution in [-0.2, 0) is 95.9 Å². The van der Waals surface area contributed by atoms with E-state index in [1.807, 2.05) is 5.32 Å². The van der Waals surface area contributed by atoms with Crippen molar-refractivity contribution in [2.75, 3.05) is 51.8 Å². The number of unbranched alkanes of at least 4 members (excludes halogenated alkanes) is 2. The smallest absolute Gasteiger partial charge is 0.326 e. The van der Waals surface area contributed by atoms with Gasteiger partial charge >= 0.3 is 11.9 Å². The van der Waals surface area contributed by atoms with E-state index < -0.39 is 284 Å². The van der Waals surface area contributed by atoms with Crippen LogP contribution in [0.1, 0.15) is 166 Å². The Hall–Kier alpha value is -11.9. The van der Waals surface area contributed by atoms with Crippen LogP contribution < -0.4 is 136 Å². The molecule has 0 radical (unpaired) electrons. The lowest BCUT2D eigenvalue weighted by atomic mass is 9.96. The van der Waals surface area contributed by atoms with Crippen LogP contribution in [0.15, 0.2) is 9.98 Å². The first-order chi connectivity index (χ1) is 60.4. The maximum atomic E-state index is 14.4. The Morgan fingerprint density at radius 2 is 0.574 bits per heavy atom. The van der Waals surface area contributed by atoms with E-state index in [1.165, 1.54) is 34.6 Å². The summed E-state index contributed by atoms with van der Waals surface area (Å²) in [5, 5.41) is 89.4. The highest BCUT2D eigenvalue weighted by Crippen LogP contribution is 2.15. The van der Waals surface area contributed by atoms with E-state index >= 15 is 0 Å². The fourth-order valence-corrected chi connectivity index (χ4v) is 11.8. The molecule has 0 bridgehead atoms. The number of aliphatic hydroxyl groups is 3. The van der Waals surface area contributed by atoms with Crippen LogP contribution in [-0.4, -0.2) is 316 Å². The molecule has 732 valence electrons. The number of nitrogens with one attached hydrogen (secondary N) is 17. The van der Waals surface area contributed by atoms with Gasteiger partial charge in [-0.05, 0) is 136 Å². The van der Waals surface area contributed by atoms with E-state index in [2.05, 4.69) is 108 Å². The van der Waals surface area contributed by atoms with Gasteiger partial charge in [0.2, 0.25) is 106 Å². The second-order valence-corrected chi connectivity index (χ2v) is 31.6. The Balaban J connectivity index is 6.67. The number of carboxylic acids is 2. The Bertz CT molecular complexity index is 3840. The van der Waals surface area contributed by atoms with Gasteiger partial charge in [0.25, 0.3) is 0 Å². The normalized spacial score (nSPS) is 15.5. The number of hydrogen-bond acceptors (Lipinski definition) is 29. The van der Waals surface area contributed by atoms with Gasteiger partial charge in [-0.1, -0.05) is 48.0 Å². The summed E-state index contributed by atoms with van der Waals surface area (Å²) in [6, 6.07) is -27.7. The summed E-state index contributed by atoms with van der Waals surface area (Å²) < 4.78 is 0. The minimum atomic E-state index is -1.86. The maximum Gasteiger partial charge on any atom is 0.326 e. The highest BCUT2D eigenvalue weighted by atomic mass is 32.1. The summed E-state index contributed by atoms with van der Waals surface area (Å²) in [4.78, 5) is 276. The molecule has 0 rings (SSSR count). The number of aliphatic imine (C=N–C) groups is 2. The van der Waals surface area contributed by atoms with E-state index in [9.17, 15) is 116 Å². The molecule has 0 heterocycles. The predicted octanol–water partition coefficient (Wildman–Crippen LogP) is -12.9. The number of hydrogen-bond donors (Lipinski definition) is 31. The minimum Gasteiger partial charge on any atom is -0.481 e. The molecule has 0 spiro atoms. The van der Waals surface area contributed by atoms with Crippen LogP contribution >= 0.6 is 12.6 Å². The SMILES string of the molecule is CC[C@H](C)[C@H](NC(=O)[C@H](CO)NC(=O)[C@H](C)NC(=O)[C@H](C)NC(=O)[C@H](CCC(N)=O)NC(=O)[C@H](CCCCN)NC(=O)[C@H](CCCN=C(N)N)NC(=O)[C@H](C)NC(=O)[C@H](CCCN=C(N)N)NC(=O)[C@H](CO)NC(=O)[C@@H](N)CS)C(=O)N[C@@H](CCCCN)C(=O)N[C@H](C(=O)N[C@@H](C)C(=O)N[C@H](C(=O)N[C@@H](CO)C(=O)N[C@@H](C)C(=O)N[C@@H](CC(=O)O)C(=O)O)C(C)C)C(C)C. The fourth-order valence-electron chi connectivity index (χ4n) is 11.6. The zero-order valence-electron chi connectivity index (χ0n) is 74.5. The van der Waals surface area contributed by atoms with E-state index in [4.69, 9.17) is 51.0 Å². The maximum absolute atomic E-state index is 14.4. The van der Waals surface area contributed by atoms with Crippen molar-refractivity contribution in [1.82, 2.24) is 90.4 Å². The molecule has 53 heteroatoms. The molecule has 0 aromatic carbocycles. The van der Waals surface area contributed by atoms with E-state index in [-0.39, 0.29) is 102 Å². The summed E-state index contributed by atoms with van der Waals surface area (Å²) in [6.07, 6.45) is -1.23. The van der Waals surface area contributed by atoms with Gasteiger partial charge in [-0.3, -0.25) is 101 Å².